The summed E-state index contributed by atoms with van der Waals surface area (Å²) >= 11 is 0. The van der Waals surface area contributed by atoms with E-state index in [1.54, 1.807) is 24.4 Å². The molecule has 0 amide bonds. The maximum Gasteiger partial charge on any atom is 0.240 e. The molecule has 3 N–H and O–H groups in total. The quantitative estimate of drug-likeness (QED) is 0.296. The van der Waals surface area contributed by atoms with Gasteiger partial charge < -0.3 is 19.7 Å². The molecule has 2 aromatic heterocycles. The number of hydrogen-bond acceptors (Lipinski definition) is 7. The number of fused-ring (bicyclic) bond motifs is 1. The number of rotatable bonds is 8. The Kier molecular flexibility index (Phi) is 6.61. The molecule has 0 spiro atoms. The fraction of sp³-hybridized carbons (Fsp3) is 0.286. The van der Waals surface area contributed by atoms with Crippen molar-refractivity contribution < 1.29 is 18.3 Å². The van der Waals surface area contributed by atoms with Gasteiger partial charge >= 0.3 is 0 Å². The van der Waals surface area contributed by atoms with Crippen molar-refractivity contribution in [3.63, 3.8) is 0 Å². The molecule has 3 heterocycles. The molecule has 0 radical (unpaired) electrons. The van der Waals surface area contributed by atoms with Gasteiger partial charge in [-0.3, -0.25) is 0 Å². The first-order valence-corrected chi connectivity index (χ1v) is 14.2. The molecule has 196 valence electrons. The summed E-state index contributed by atoms with van der Waals surface area (Å²) < 4.78 is 34.3. The van der Waals surface area contributed by atoms with Crippen LogP contribution in [0, 0.1) is 5.92 Å². The third kappa shape index (κ3) is 5.02. The smallest absolute Gasteiger partial charge is 0.240 e. The molecule has 2 aliphatic rings. The predicted octanol–water partition coefficient (Wildman–Crippen LogP) is 3.96. The average Bonchev–Trinajstić information content (AvgIpc) is 3.73. The molecular formula is C28H29N5O4S. The van der Waals surface area contributed by atoms with Crippen LogP contribution in [0.5, 0.6) is 5.88 Å². The third-order valence-corrected chi connectivity index (χ3v) is 8.33. The highest BCUT2D eigenvalue weighted by Crippen LogP contribution is 2.35. The van der Waals surface area contributed by atoms with Crippen LogP contribution in [0.2, 0.25) is 0 Å². The van der Waals surface area contributed by atoms with Crippen molar-refractivity contribution in [3.05, 3.63) is 78.0 Å². The molecule has 0 unspecified atom stereocenters. The van der Waals surface area contributed by atoms with Gasteiger partial charge in [-0.2, -0.15) is 0 Å². The molecule has 2 aromatic carbocycles. The minimum absolute atomic E-state index is 0.0834. The molecule has 1 saturated carbocycles. The second-order valence-corrected chi connectivity index (χ2v) is 11.4. The predicted molar refractivity (Wildman–Crippen MR) is 147 cm³/mol. The fourth-order valence-corrected chi connectivity index (χ4v) is 5.81. The first kappa shape index (κ1) is 24.6. The highest BCUT2D eigenvalue weighted by Gasteiger charge is 2.26. The summed E-state index contributed by atoms with van der Waals surface area (Å²) in [4.78, 5) is 14.9. The van der Waals surface area contributed by atoms with E-state index in [1.807, 2.05) is 42.5 Å². The molecule has 2 fully saturated rings. The summed E-state index contributed by atoms with van der Waals surface area (Å²) in [6, 6.07) is 18.1. The summed E-state index contributed by atoms with van der Waals surface area (Å²) in [7, 11) is -3.70. The van der Waals surface area contributed by atoms with E-state index in [1.165, 1.54) is 0 Å². The summed E-state index contributed by atoms with van der Waals surface area (Å²) in [6.07, 6.45) is 3.84. The van der Waals surface area contributed by atoms with Gasteiger partial charge in [0.05, 0.1) is 29.4 Å². The van der Waals surface area contributed by atoms with E-state index < -0.39 is 10.0 Å². The van der Waals surface area contributed by atoms with Crippen LogP contribution in [-0.2, 0) is 14.8 Å². The molecular weight excluding hydrogens is 502 g/mol. The van der Waals surface area contributed by atoms with Crippen molar-refractivity contribution in [2.45, 2.75) is 17.7 Å². The lowest BCUT2D eigenvalue weighted by Crippen LogP contribution is -2.36. The zero-order valence-electron chi connectivity index (χ0n) is 20.8. The Hall–Kier alpha value is -3.73. The molecule has 1 saturated heterocycles. The molecule has 6 rings (SSSR count). The number of nitrogens with one attached hydrogen (secondary N) is 2. The number of aromatic amines is 1. The van der Waals surface area contributed by atoms with Crippen LogP contribution in [0.25, 0.3) is 10.9 Å². The lowest BCUT2D eigenvalue weighted by molar-refractivity contribution is 0.122. The number of anilines is 1. The minimum atomic E-state index is -3.70. The van der Waals surface area contributed by atoms with E-state index >= 15 is 0 Å². The number of nitrogens with zero attached hydrogens (tertiary/aromatic N) is 3. The zero-order chi connectivity index (χ0) is 26.1. The molecule has 9 nitrogen and oxygen atoms in total. The van der Waals surface area contributed by atoms with E-state index in [0.717, 1.165) is 24.2 Å². The van der Waals surface area contributed by atoms with Gasteiger partial charge in [0.15, 0.2) is 11.7 Å². The Morgan fingerprint density at radius 2 is 1.89 bits per heavy atom. The molecule has 38 heavy (non-hydrogen) atoms. The van der Waals surface area contributed by atoms with Gasteiger partial charge in [0.2, 0.25) is 10.0 Å². The number of hydrogen-bond donors (Lipinski definition) is 3. The Morgan fingerprint density at radius 1 is 1.11 bits per heavy atom. The summed E-state index contributed by atoms with van der Waals surface area (Å²) in [5.74, 6) is 1.06. The van der Waals surface area contributed by atoms with Gasteiger partial charge in [-0.15, -0.1) is 0 Å². The Bertz CT molecular complexity index is 1590. The van der Waals surface area contributed by atoms with Crippen LogP contribution < -0.4 is 9.62 Å². The highest BCUT2D eigenvalue weighted by atomic mass is 32.2. The normalized spacial score (nSPS) is 16.7. The molecule has 10 heteroatoms. The van der Waals surface area contributed by atoms with E-state index in [2.05, 4.69) is 19.6 Å². The minimum Gasteiger partial charge on any atom is -0.494 e. The van der Waals surface area contributed by atoms with E-state index in [9.17, 15) is 13.5 Å². The number of benzene rings is 2. The van der Waals surface area contributed by atoms with E-state index in [0.29, 0.717) is 66.6 Å². The lowest BCUT2D eigenvalue weighted by atomic mass is 10.0. The molecule has 1 aliphatic heterocycles. The number of aliphatic imine (C=N–C) groups is 1. The van der Waals surface area contributed by atoms with Crippen LogP contribution >= 0.6 is 0 Å². The van der Waals surface area contributed by atoms with Crippen molar-refractivity contribution in [1.82, 2.24) is 14.7 Å². The maximum atomic E-state index is 13.0. The van der Waals surface area contributed by atoms with Gasteiger partial charge in [-0.1, -0.05) is 30.3 Å². The van der Waals surface area contributed by atoms with Crippen molar-refractivity contribution in [2.24, 2.45) is 10.9 Å². The lowest BCUT2D eigenvalue weighted by Gasteiger charge is -2.28. The second-order valence-electron chi connectivity index (χ2n) is 9.62. The molecule has 0 bridgehead atoms. The number of ether oxygens (including phenoxy) is 1. The number of aromatic nitrogens is 2. The highest BCUT2D eigenvalue weighted by molar-refractivity contribution is 7.89. The Morgan fingerprint density at radius 3 is 2.66 bits per heavy atom. The standard InChI is InChI=1S/C28H29N5O4S/c34-28-25(22-17-21(10-11-23(22)32-28)38(35,36)30-18-19-8-9-19)26(20-5-2-1-3-6-20)31-24-7-4-12-29-27(24)33-13-15-37-16-14-33/h1-7,10-12,17,19,30,32,34H,8-9,13-16,18H2. The SMILES string of the molecule is O=S(=O)(NCC1CC1)c1ccc2[nH]c(O)c(C(=Nc3cccnc3N3CCOCC3)c3ccccc3)c2c1. The van der Waals surface area contributed by atoms with Gasteiger partial charge in [0, 0.05) is 42.3 Å². The van der Waals surface area contributed by atoms with Gasteiger partial charge in [-0.25, -0.2) is 23.1 Å². The summed E-state index contributed by atoms with van der Waals surface area (Å²) in [5, 5.41) is 11.7. The van der Waals surface area contributed by atoms with Gasteiger partial charge in [0.25, 0.3) is 0 Å². The second kappa shape index (κ2) is 10.2. The first-order valence-electron chi connectivity index (χ1n) is 12.8. The number of H-pyrrole nitrogens is 1. The number of aromatic hydroxyl groups is 1. The topological polar surface area (TPSA) is 120 Å². The fourth-order valence-electron chi connectivity index (χ4n) is 4.67. The van der Waals surface area contributed by atoms with Crippen molar-refractivity contribution >= 4 is 38.1 Å². The van der Waals surface area contributed by atoms with Crippen LogP contribution in [0.4, 0.5) is 11.5 Å². The maximum absolute atomic E-state index is 13.0. The monoisotopic (exact) mass is 531 g/mol. The van der Waals surface area contributed by atoms with Crippen LogP contribution in [0.1, 0.15) is 24.0 Å². The summed E-state index contributed by atoms with van der Waals surface area (Å²) in [6.45, 7) is 3.07. The van der Waals surface area contributed by atoms with Gasteiger partial charge in [-0.05, 0) is 49.1 Å². The van der Waals surface area contributed by atoms with Crippen LogP contribution in [0.15, 0.2) is 76.7 Å². The molecule has 4 aromatic rings. The first-order chi connectivity index (χ1) is 18.5. The molecule has 0 atom stereocenters. The van der Waals surface area contributed by atoms with E-state index in [-0.39, 0.29) is 10.8 Å². The third-order valence-electron chi connectivity index (χ3n) is 6.91. The largest absolute Gasteiger partial charge is 0.494 e. The Balaban J connectivity index is 1.50. The van der Waals surface area contributed by atoms with Gasteiger partial charge in [0.1, 0.15) is 5.69 Å². The van der Waals surface area contributed by atoms with Crippen molar-refractivity contribution in [3.8, 4) is 5.88 Å². The average molecular weight is 532 g/mol. The molecule has 1 aliphatic carbocycles. The van der Waals surface area contributed by atoms with Crippen LogP contribution in [-0.4, -0.2) is 62.1 Å². The van der Waals surface area contributed by atoms with Crippen molar-refractivity contribution in [2.75, 3.05) is 37.7 Å². The van der Waals surface area contributed by atoms with Crippen LogP contribution in [0.3, 0.4) is 0 Å². The number of sulfonamides is 1. The summed E-state index contributed by atoms with van der Waals surface area (Å²) in [5.41, 5.74) is 2.99. The number of morpholine rings is 1. The van der Waals surface area contributed by atoms with Crippen molar-refractivity contribution in [1.29, 1.82) is 0 Å². The Labute approximate surface area is 221 Å². The van der Waals surface area contributed by atoms with E-state index in [4.69, 9.17) is 9.73 Å². The number of pyridine rings is 1. The zero-order valence-corrected chi connectivity index (χ0v) is 21.6.